The Morgan fingerprint density at radius 1 is 1.23 bits per heavy atom. The van der Waals surface area contributed by atoms with Crippen LogP contribution in [0.4, 0.5) is 9.80 Å². The number of likely N-dealkylation sites (N-methyl/N-ethyl adjacent to an activating group) is 1. The number of hydrogen-bond donors (Lipinski definition) is 2. The van der Waals surface area contributed by atoms with Crippen LogP contribution in [-0.2, 0) is 5.41 Å². The summed E-state index contributed by atoms with van der Waals surface area (Å²) in [5.74, 6) is 1.53. The molecule has 30 heavy (non-hydrogen) atoms. The molecule has 2 fully saturated rings. The Bertz CT molecular complexity index is 918. The van der Waals surface area contributed by atoms with Gasteiger partial charge in [-0.15, -0.1) is 0 Å². The van der Waals surface area contributed by atoms with E-state index < -0.39 is 0 Å². The van der Waals surface area contributed by atoms with Gasteiger partial charge in [-0.2, -0.15) is 4.37 Å². The number of anilines is 1. The lowest BCUT2D eigenvalue weighted by Crippen LogP contribution is -2.52. The summed E-state index contributed by atoms with van der Waals surface area (Å²) in [4.78, 5) is 14.9. The topological polar surface area (TPSA) is 75.7 Å². The third kappa shape index (κ3) is 3.86. The number of fused-ring (bicyclic) bond motifs is 1. The molecule has 3 atom stereocenters. The Labute approximate surface area is 181 Å². The number of methoxy groups -OCH3 is 2. The van der Waals surface area contributed by atoms with Gasteiger partial charge in [-0.1, -0.05) is 6.07 Å². The lowest BCUT2D eigenvalue weighted by atomic mass is 9.65. The number of nitrogens with zero attached hydrogens (tertiary/aromatic N) is 2. The van der Waals surface area contributed by atoms with Crippen LogP contribution in [0.25, 0.3) is 0 Å². The first-order valence-corrected chi connectivity index (χ1v) is 11.2. The summed E-state index contributed by atoms with van der Waals surface area (Å²) in [5.41, 5.74) is 2.30. The zero-order valence-corrected chi connectivity index (χ0v) is 18.8. The van der Waals surface area contributed by atoms with E-state index in [-0.39, 0.29) is 17.5 Å². The van der Waals surface area contributed by atoms with Gasteiger partial charge in [0.15, 0.2) is 11.5 Å². The van der Waals surface area contributed by atoms with Crippen molar-refractivity contribution in [3.8, 4) is 11.5 Å². The number of carbonyl (C=O) groups excluding carboxylic acids is 1. The van der Waals surface area contributed by atoms with Crippen LogP contribution in [0.1, 0.15) is 36.9 Å². The highest BCUT2D eigenvalue weighted by Crippen LogP contribution is 2.49. The fourth-order valence-corrected chi connectivity index (χ4v) is 5.81. The van der Waals surface area contributed by atoms with Gasteiger partial charge in [0.25, 0.3) is 0 Å². The number of likely N-dealkylation sites (tertiary alicyclic amines) is 1. The standard InChI is InChI=1S/C22H30N4O3S/c1-14-11-20(30-25-14)24-21(27)23-16-7-8-22(9-10-26(2)19(22)13-16)15-5-6-17(28-3)18(12-15)29-4/h5-6,11-12,16,19H,7-10,13H2,1-4H3,(H2,23,24,27). The Hall–Kier alpha value is -2.32. The third-order valence-corrected chi connectivity index (χ3v) is 7.48. The molecule has 7 nitrogen and oxygen atoms in total. The first-order chi connectivity index (χ1) is 14.4. The largest absolute Gasteiger partial charge is 0.493 e. The zero-order chi connectivity index (χ0) is 21.3. The fourth-order valence-electron chi connectivity index (χ4n) is 5.15. The highest BCUT2D eigenvalue weighted by molar-refractivity contribution is 7.10. The molecular formula is C22H30N4O3S. The van der Waals surface area contributed by atoms with Crippen LogP contribution in [0.15, 0.2) is 24.3 Å². The number of hydrogen-bond acceptors (Lipinski definition) is 6. The summed E-state index contributed by atoms with van der Waals surface area (Å²) in [5, 5.41) is 6.86. The molecule has 1 saturated carbocycles. The lowest BCUT2D eigenvalue weighted by molar-refractivity contribution is 0.156. The van der Waals surface area contributed by atoms with E-state index in [4.69, 9.17) is 9.47 Å². The third-order valence-electron chi connectivity index (χ3n) is 6.69. The molecule has 0 radical (unpaired) electrons. The molecule has 162 valence electrons. The van der Waals surface area contributed by atoms with Crippen molar-refractivity contribution < 1.29 is 14.3 Å². The predicted octanol–water partition coefficient (Wildman–Crippen LogP) is 3.78. The van der Waals surface area contributed by atoms with Crippen molar-refractivity contribution in [2.75, 3.05) is 33.1 Å². The Morgan fingerprint density at radius 3 is 2.73 bits per heavy atom. The maximum Gasteiger partial charge on any atom is 0.320 e. The summed E-state index contributed by atoms with van der Waals surface area (Å²) in [6.07, 6.45) is 4.03. The number of aromatic nitrogens is 1. The molecule has 2 aliphatic rings. The molecule has 8 heteroatoms. The number of urea groups is 1. The number of aryl methyl sites for hydroxylation is 1. The maximum atomic E-state index is 12.5. The van der Waals surface area contributed by atoms with Crippen molar-refractivity contribution in [1.29, 1.82) is 0 Å². The van der Waals surface area contributed by atoms with Gasteiger partial charge in [-0.05, 0) is 81.5 Å². The maximum absolute atomic E-state index is 12.5. The number of rotatable bonds is 5. The summed E-state index contributed by atoms with van der Waals surface area (Å²) in [7, 11) is 5.54. The highest BCUT2D eigenvalue weighted by Gasteiger charge is 2.50. The summed E-state index contributed by atoms with van der Waals surface area (Å²) < 4.78 is 15.2. The molecule has 4 rings (SSSR count). The van der Waals surface area contributed by atoms with Crippen molar-refractivity contribution in [2.45, 2.75) is 50.1 Å². The highest BCUT2D eigenvalue weighted by atomic mass is 32.1. The van der Waals surface area contributed by atoms with Gasteiger partial charge in [0, 0.05) is 17.5 Å². The van der Waals surface area contributed by atoms with Crippen LogP contribution in [0, 0.1) is 6.92 Å². The quantitative estimate of drug-likeness (QED) is 0.755. The second-order valence-electron chi connectivity index (χ2n) is 8.37. The number of benzene rings is 1. The minimum Gasteiger partial charge on any atom is -0.493 e. The van der Waals surface area contributed by atoms with E-state index in [1.54, 1.807) is 14.2 Å². The molecule has 1 saturated heterocycles. The van der Waals surface area contributed by atoms with Crippen molar-refractivity contribution in [1.82, 2.24) is 14.6 Å². The van der Waals surface area contributed by atoms with Crippen LogP contribution < -0.4 is 20.1 Å². The van der Waals surface area contributed by atoms with E-state index in [2.05, 4.69) is 39.1 Å². The predicted molar refractivity (Wildman–Crippen MR) is 119 cm³/mol. The van der Waals surface area contributed by atoms with E-state index in [1.165, 1.54) is 17.1 Å². The zero-order valence-electron chi connectivity index (χ0n) is 18.0. The Kier molecular flexibility index (Phi) is 5.88. The van der Waals surface area contributed by atoms with Gasteiger partial charge in [0.05, 0.1) is 19.9 Å². The van der Waals surface area contributed by atoms with E-state index >= 15 is 0 Å². The molecule has 1 aromatic heterocycles. The van der Waals surface area contributed by atoms with Crippen molar-refractivity contribution in [2.24, 2.45) is 0 Å². The molecule has 2 aromatic rings. The summed E-state index contributed by atoms with van der Waals surface area (Å²) in [6.45, 7) is 2.97. The fraction of sp³-hybridized carbons (Fsp3) is 0.545. The van der Waals surface area contributed by atoms with Gasteiger partial charge in [-0.25, -0.2) is 4.79 Å². The van der Waals surface area contributed by atoms with Crippen LogP contribution in [0.2, 0.25) is 0 Å². The van der Waals surface area contributed by atoms with Crippen LogP contribution in [-0.4, -0.2) is 55.2 Å². The molecule has 0 bridgehead atoms. The van der Waals surface area contributed by atoms with E-state index in [0.717, 1.165) is 54.4 Å². The second-order valence-corrected chi connectivity index (χ2v) is 9.18. The average molecular weight is 431 g/mol. The molecule has 2 heterocycles. The van der Waals surface area contributed by atoms with Crippen molar-refractivity contribution >= 4 is 22.6 Å². The van der Waals surface area contributed by atoms with E-state index in [0.29, 0.717) is 6.04 Å². The van der Waals surface area contributed by atoms with Gasteiger partial charge in [-0.3, -0.25) is 5.32 Å². The van der Waals surface area contributed by atoms with E-state index in [9.17, 15) is 4.79 Å². The van der Waals surface area contributed by atoms with Gasteiger partial charge < -0.3 is 19.7 Å². The molecular weight excluding hydrogens is 400 g/mol. The minimum absolute atomic E-state index is 0.0811. The smallest absolute Gasteiger partial charge is 0.320 e. The van der Waals surface area contributed by atoms with Crippen molar-refractivity contribution in [3.05, 3.63) is 35.5 Å². The molecule has 1 aromatic carbocycles. The number of carbonyl (C=O) groups is 1. The molecule has 1 aliphatic heterocycles. The normalized spacial score (nSPS) is 26.1. The van der Waals surface area contributed by atoms with Crippen LogP contribution in [0.5, 0.6) is 11.5 Å². The Morgan fingerprint density at radius 2 is 2.03 bits per heavy atom. The average Bonchev–Trinajstić information content (AvgIpc) is 3.31. The first-order valence-electron chi connectivity index (χ1n) is 10.4. The number of nitrogens with one attached hydrogen (secondary N) is 2. The molecule has 2 amide bonds. The van der Waals surface area contributed by atoms with Crippen molar-refractivity contribution in [3.63, 3.8) is 0 Å². The second kappa shape index (κ2) is 8.43. The monoisotopic (exact) mass is 430 g/mol. The van der Waals surface area contributed by atoms with E-state index in [1.807, 2.05) is 19.1 Å². The van der Waals surface area contributed by atoms with Gasteiger partial charge in [0.1, 0.15) is 5.00 Å². The van der Waals surface area contributed by atoms with Gasteiger partial charge >= 0.3 is 6.03 Å². The lowest BCUT2D eigenvalue weighted by Gasteiger charge is -2.45. The molecule has 3 unspecified atom stereocenters. The minimum atomic E-state index is -0.150. The first kappa shape index (κ1) is 20.9. The summed E-state index contributed by atoms with van der Waals surface area (Å²) in [6, 6.07) is 8.59. The van der Waals surface area contributed by atoms with Crippen LogP contribution in [0.3, 0.4) is 0 Å². The molecule has 2 N–H and O–H groups in total. The summed E-state index contributed by atoms with van der Waals surface area (Å²) >= 11 is 1.31. The molecule has 1 aliphatic carbocycles. The SMILES string of the molecule is COc1ccc(C23CCC(NC(=O)Nc4cc(C)ns4)CC2N(C)CC3)cc1OC. The van der Waals surface area contributed by atoms with Crippen LogP contribution >= 0.6 is 11.5 Å². The number of amides is 2. The number of ether oxygens (including phenoxy) is 2. The van der Waals surface area contributed by atoms with Gasteiger partial charge in [0.2, 0.25) is 0 Å². The Balaban J connectivity index is 1.49. The molecule has 0 spiro atoms.